The summed E-state index contributed by atoms with van der Waals surface area (Å²) in [7, 11) is 0. The summed E-state index contributed by atoms with van der Waals surface area (Å²) in [5.74, 6) is 0. The van der Waals surface area contributed by atoms with Crippen LogP contribution < -0.4 is 9.80 Å². The Kier molecular flexibility index (Phi) is 6.55. The highest BCUT2D eigenvalue weighted by molar-refractivity contribution is 7.26. The van der Waals surface area contributed by atoms with E-state index in [1.165, 1.54) is 51.7 Å². The van der Waals surface area contributed by atoms with Gasteiger partial charge in [-0.05, 0) is 78.9 Å². The molecule has 0 saturated heterocycles. The van der Waals surface area contributed by atoms with Crippen molar-refractivity contribution in [2.24, 2.45) is 0 Å². The lowest BCUT2D eigenvalue weighted by atomic mass is 10.0. The van der Waals surface area contributed by atoms with Gasteiger partial charge in [-0.2, -0.15) is 0 Å². The lowest BCUT2D eigenvalue weighted by molar-refractivity contribution is 1.30. The van der Waals surface area contributed by atoms with Gasteiger partial charge in [0, 0.05) is 63.1 Å². The van der Waals surface area contributed by atoms with E-state index in [2.05, 4.69) is 180 Å². The van der Waals surface area contributed by atoms with Crippen molar-refractivity contribution in [3.05, 3.63) is 170 Å². The molecule has 9 aromatic rings. The third kappa shape index (κ3) is 4.46. The van der Waals surface area contributed by atoms with E-state index in [4.69, 9.17) is 0 Å². The van der Waals surface area contributed by atoms with Gasteiger partial charge in [0.2, 0.25) is 0 Å². The minimum Gasteiger partial charge on any atom is -0.310 e. The van der Waals surface area contributed by atoms with Gasteiger partial charge in [-0.3, -0.25) is 0 Å². The van der Waals surface area contributed by atoms with E-state index in [1.54, 1.807) is 0 Å². The van der Waals surface area contributed by atoms with Crippen molar-refractivity contribution >= 4 is 97.1 Å². The average molecular weight is 625 g/mol. The number of anilines is 6. The highest BCUT2D eigenvalue weighted by atomic mass is 32.1. The van der Waals surface area contributed by atoms with Gasteiger partial charge in [-0.15, -0.1) is 22.7 Å². The number of hydrogen-bond donors (Lipinski definition) is 0. The number of para-hydroxylation sites is 3. The topological polar surface area (TPSA) is 6.48 Å². The summed E-state index contributed by atoms with van der Waals surface area (Å²) in [6.45, 7) is 0. The van der Waals surface area contributed by atoms with Crippen molar-refractivity contribution < 1.29 is 0 Å². The van der Waals surface area contributed by atoms with E-state index in [1.807, 2.05) is 22.7 Å². The zero-order valence-corrected chi connectivity index (χ0v) is 26.5. The molecule has 0 fully saturated rings. The third-order valence-corrected chi connectivity index (χ3v) is 10.9. The fourth-order valence-corrected chi connectivity index (χ4v) is 8.93. The van der Waals surface area contributed by atoms with Gasteiger partial charge in [-0.25, -0.2) is 0 Å². The van der Waals surface area contributed by atoms with Crippen LogP contribution in [0.15, 0.2) is 170 Å². The van der Waals surface area contributed by atoms with Crippen LogP contribution in [0.3, 0.4) is 0 Å². The van der Waals surface area contributed by atoms with E-state index in [9.17, 15) is 0 Å². The molecular formula is C42H28N2S2. The molecule has 0 atom stereocenters. The number of thiophene rings is 2. The Labute approximate surface area is 275 Å². The minimum absolute atomic E-state index is 1.13. The predicted molar refractivity (Wildman–Crippen MR) is 202 cm³/mol. The van der Waals surface area contributed by atoms with Crippen LogP contribution in [0, 0.1) is 0 Å². The van der Waals surface area contributed by atoms with Crippen LogP contribution in [0.25, 0.3) is 40.3 Å². The van der Waals surface area contributed by atoms with Gasteiger partial charge in [0.1, 0.15) is 0 Å². The zero-order chi connectivity index (χ0) is 30.5. The van der Waals surface area contributed by atoms with Crippen molar-refractivity contribution in [1.29, 1.82) is 0 Å². The summed E-state index contributed by atoms with van der Waals surface area (Å²) in [5.41, 5.74) is 6.89. The summed E-state index contributed by atoms with van der Waals surface area (Å²) in [6.07, 6.45) is 0. The average Bonchev–Trinajstić information content (AvgIpc) is 3.69. The summed E-state index contributed by atoms with van der Waals surface area (Å²) in [4.78, 5) is 4.83. The highest BCUT2D eigenvalue weighted by Crippen LogP contribution is 2.50. The first-order valence-corrected chi connectivity index (χ1v) is 17.1. The largest absolute Gasteiger partial charge is 0.310 e. The van der Waals surface area contributed by atoms with Crippen molar-refractivity contribution in [2.75, 3.05) is 9.80 Å². The predicted octanol–water partition coefficient (Wildman–Crippen LogP) is 13.4. The Morgan fingerprint density at radius 3 is 1.30 bits per heavy atom. The quantitative estimate of drug-likeness (QED) is 0.182. The maximum atomic E-state index is 2.43. The molecule has 0 amide bonds. The highest BCUT2D eigenvalue weighted by Gasteiger charge is 2.23. The Hall–Kier alpha value is -5.42. The maximum absolute atomic E-state index is 2.43. The lowest BCUT2D eigenvalue weighted by Gasteiger charge is -2.28. The van der Waals surface area contributed by atoms with Crippen LogP contribution in [0.4, 0.5) is 34.1 Å². The molecule has 7 aromatic carbocycles. The van der Waals surface area contributed by atoms with Gasteiger partial charge in [-0.1, -0.05) is 91.0 Å². The third-order valence-electron chi connectivity index (χ3n) is 8.62. The number of fused-ring (bicyclic) bond motifs is 6. The standard InChI is InChI=1S/C42H28N2S2/c1-4-14-29(15-5-1)43(30-16-6-2-7-17-30)35-21-12-24-38-41(35)42-36(22-13-25-39(42)46-38)44(31-18-8-3-9-19-31)32-26-27-34-33-20-10-11-23-37(33)45-40(34)28-32/h1-28H. The summed E-state index contributed by atoms with van der Waals surface area (Å²) in [5, 5.41) is 5.14. The van der Waals surface area contributed by atoms with Gasteiger partial charge in [0.15, 0.2) is 0 Å². The van der Waals surface area contributed by atoms with Crippen molar-refractivity contribution in [2.45, 2.75) is 0 Å². The molecule has 4 heteroatoms. The Balaban J connectivity index is 1.33. The molecule has 0 unspecified atom stereocenters. The zero-order valence-electron chi connectivity index (χ0n) is 24.9. The number of benzene rings is 7. The molecule has 0 N–H and O–H groups in total. The van der Waals surface area contributed by atoms with Crippen LogP contribution in [-0.2, 0) is 0 Å². The van der Waals surface area contributed by atoms with Crippen molar-refractivity contribution in [1.82, 2.24) is 0 Å². The molecule has 0 saturated carbocycles. The summed E-state index contributed by atoms with van der Waals surface area (Å²) < 4.78 is 5.15. The molecule has 2 nitrogen and oxygen atoms in total. The van der Waals surface area contributed by atoms with Crippen molar-refractivity contribution in [3.8, 4) is 0 Å². The second kappa shape index (κ2) is 11.2. The first kappa shape index (κ1) is 26.9. The van der Waals surface area contributed by atoms with Gasteiger partial charge < -0.3 is 9.80 Å². The fraction of sp³-hybridized carbons (Fsp3) is 0. The molecule has 218 valence electrons. The van der Waals surface area contributed by atoms with Gasteiger partial charge in [0.05, 0.1) is 11.4 Å². The smallest absolute Gasteiger partial charge is 0.0555 e. The SMILES string of the molecule is c1ccc(N(c2ccccc2)c2cccc3sc4cccc(N(c5ccccc5)c5ccc6c(c5)sc5ccccc56)c4c23)cc1. The molecule has 9 rings (SSSR count). The van der Waals surface area contributed by atoms with Crippen LogP contribution in [-0.4, -0.2) is 0 Å². The first-order valence-electron chi connectivity index (χ1n) is 15.4. The van der Waals surface area contributed by atoms with E-state index in [-0.39, 0.29) is 0 Å². The van der Waals surface area contributed by atoms with Crippen LogP contribution in [0.5, 0.6) is 0 Å². The van der Waals surface area contributed by atoms with Crippen LogP contribution in [0.2, 0.25) is 0 Å². The van der Waals surface area contributed by atoms with E-state index < -0.39 is 0 Å². The Morgan fingerprint density at radius 1 is 0.304 bits per heavy atom. The molecule has 0 aliphatic heterocycles. The molecule has 0 spiro atoms. The number of nitrogens with zero attached hydrogens (tertiary/aromatic N) is 2. The summed E-state index contributed by atoms with van der Waals surface area (Å²) >= 11 is 3.72. The van der Waals surface area contributed by atoms with E-state index in [0.29, 0.717) is 0 Å². The normalized spacial score (nSPS) is 11.5. The molecule has 0 aliphatic rings. The summed E-state index contributed by atoms with van der Waals surface area (Å²) in [6, 6.07) is 61.3. The van der Waals surface area contributed by atoms with Crippen LogP contribution in [0.1, 0.15) is 0 Å². The molecule has 0 bridgehead atoms. The molecule has 46 heavy (non-hydrogen) atoms. The Bertz CT molecular complexity index is 2440. The fourth-order valence-electron chi connectivity index (χ4n) is 6.64. The van der Waals surface area contributed by atoms with E-state index >= 15 is 0 Å². The van der Waals surface area contributed by atoms with Crippen molar-refractivity contribution in [3.63, 3.8) is 0 Å². The van der Waals surface area contributed by atoms with E-state index in [0.717, 1.165) is 22.7 Å². The minimum atomic E-state index is 1.13. The van der Waals surface area contributed by atoms with Crippen LogP contribution >= 0.6 is 22.7 Å². The Morgan fingerprint density at radius 2 is 0.739 bits per heavy atom. The number of hydrogen-bond acceptors (Lipinski definition) is 4. The van der Waals surface area contributed by atoms with Gasteiger partial charge in [0.25, 0.3) is 0 Å². The second-order valence-corrected chi connectivity index (χ2v) is 13.5. The monoisotopic (exact) mass is 624 g/mol. The molecule has 0 radical (unpaired) electrons. The lowest BCUT2D eigenvalue weighted by Crippen LogP contribution is -2.11. The molecular weight excluding hydrogens is 597 g/mol. The molecule has 0 aliphatic carbocycles. The van der Waals surface area contributed by atoms with Gasteiger partial charge >= 0.3 is 0 Å². The molecule has 2 aromatic heterocycles. The first-order chi connectivity index (χ1) is 22.8. The molecule has 2 heterocycles. The number of rotatable bonds is 6. The maximum Gasteiger partial charge on any atom is 0.0555 e. The second-order valence-electron chi connectivity index (χ2n) is 11.4.